The third kappa shape index (κ3) is 3.15. The molecule has 0 fully saturated rings. The van der Waals surface area contributed by atoms with E-state index in [1.165, 1.54) is 13.0 Å². The number of carbonyl (C=O) groups is 3. The van der Waals surface area contributed by atoms with Crippen LogP contribution in [0.5, 0.6) is 17.2 Å². The van der Waals surface area contributed by atoms with E-state index in [9.17, 15) is 29.7 Å². The number of hydrogen-bond donors (Lipinski definition) is 3. The summed E-state index contributed by atoms with van der Waals surface area (Å²) in [4.78, 5) is 34.4. The van der Waals surface area contributed by atoms with Crippen molar-refractivity contribution in [1.29, 1.82) is 0 Å². The maximum atomic E-state index is 11.6. The van der Waals surface area contributed by atoms with E-state index < -0.39 is 11.9 Å². The monoisotopic (exact) mass is 368 g/mol. The van der Waals surface area contributed by atoms with Crippen molar-refractivity contribution in [3.8, 4) is 17.2 Å². The molecule has 0 spiro atoms. The molecule has 3 aromatic rings. The van der Waals surface area contributed by atoms with Crippen LogP contribution in [-0.4, -0.2) is 33.0 Å². The van der Waals surface area contributed by atoms with Crippen LogP contribution < -0.4 is 4.74 Å². The third-order valence-corrected chi connectivity index (χ3v) is 4.18. The Bertz CT molecular complexity index is 1130. The molecule has 0 heterocycles. The molecule has 7 nitrogen and oxygen atoms in total. The number of phenols is 2. The quantitative estimate of drug-likeness (QED) is 0.280. The molecule has 0 saturated heterocycles. The summed E-state index contributed by atoms with van der Waals surface area (Å²) in [6.45, 7) is 2.54. The van der Waals surface area contributed by atoms with Crippen molar-refractivity contribution in [3.63, 3.8) is 0 Å². The number of phenolic OH excluding ortho intramolecular Hbond substituents is 2. The Morgan fingerprint density at radius 2 is 1.67 bits per heavy atom. The summed E-state index contributed by atoms with van der Waals surface area (Å²) in [5.41, 5.74) is 0.276. The molecule has 3 N–H and O–H groups in total. The summed E-state index contributed by atoms with van der Waals surface area (Å²) < 4.78 is 5.08. The highest BCUT2D eigenvalue weighted by molar-refractivity contribution is 6.15. The van der Waals surface area contributed by atoms with E-state index in [0.29, 0.717) is 5.56 Å². The number of benzene rings is 3. The van der Waals surface area contributed by atoms with Gasteiger partial charge in [-0.15, -0.1) is 0 Å². The molecule has 3 rings (SSSR count). The minimum Gasteiger partial charge on any atom is -0.507 e. The van der Waals surface area contributed by atoms with Crippen LogP contribution in [0, 0.1) is 0 Å². The molecule has 0 aliphatic carbocycles. The lowest BCUT2D eigenvalue weighted by Gasteiger charge is -2.15. The van der Waals surface area contributed by atoms with Crippen molar-refractivity contribution >= 4 is 39.3 Å². The zero-order chi connectivity index (χ0) is 19.9. The zero-order valence-electron chi connectivity index (χ0n) is 14.6. The Hall–Kier alpha value is -3.61. The lowest BCUT2D eigenvalue weighted by Crippen LogP contribution is -2.05. The van der Waals surface area contributed by atoms with E-state index >= 15 is 0 Å². The van der Waals surface area contributed by atoms with Crippen LogP contribution in [0.25, 0.3) is 21.5 Å². The van der Waals surface area contributed by atoms with E-state index in [4.69, 9.17) is 4.74 Å². The number of carbonyl (C=O) groups excluding carboxylic acids is 2. The van der Waals surface area contributed by atoms with Gasteiger partial charge >= 0.3 is 11.9 Å². The van der Waals surface area contributed by atoms with Crippen LogP contribution in [-0.2, 0) is 16.0 Å². The normalized spacial score (nSPS) is 10.9. The fourth-order valence-corrected chi connectivity index (χ4v) is 3.17. The van der Waals surface area contributed by atoms with Crippen molar-refractivity contribution < 1.29 is 34.4 Å². The molecule has 138 valence electrons. The van der Waals surface area contributed by atoms with Gasteiger partial charge in [0.2, 0.25) is 0 Å². The van der Waals surface area contributed by atoms with E-state index in [0.717, 1.165) is 13.0 Å². The second kappa shape index (κ2) is 6.60. The number of aromatic hydroxyl groups is 2. The molecular weight excluding hydrogens is 352 g/mol. The van der Waals surface area contributed by atoms with Crippen LogP contribution in [0.2, 0.25) is 0 Å². The van der Waals surface area contributed by atoms with Gasteiger partial charge in [0.1, 0.15) is 23.0 Å². The van der Waals surface area contributed by atoms with Crippen LogP contribution in [0.15, 0.2) is 30.3 Å². The highest BCUT2D eigenvalue weighted by Crippen LogP contribution is 2.47. The maximum Gasteiger partial charge on any atom is 0.335 e. The summed E-state index contributed by atoms with van der Waals surface area (Å²) in [7, 11) is 0. The maximum absolute atomic E-state index is 11.6. The number of ether oxygens (including phenoxy) is 1. The van der Waals surface area contributed by atoms with E-state index in [1.54, 1.807) is 18.2 Å². The predicted molar refractivity (Wildman–Crippen MR) is 97.4 cm³/mol. The standard InChI is InChI=1S/C20H16O7/c1-9(21)6-11-4-3-5-13-16(11)19(24)17-14(18(13)23)7-12(20(25)26)8-15(17)27-10(2)22/h3-5,7-8,23-24H,6H2,1-2H3,(H,25,26). The zero-order valence-corrected chi connectivity index (χ0v) is 14.6. The third-order valence-electron chi connectivity index (χ3n) is 4.18. The van der Waals surface area contributed by atoms with Gasteiger partial charge in [-0.2, -0.15) is 0 Å². The summed E-state index contributed by atoms with van der Waals surface area (Å²) in [5, 5.41) is 31.4. The molecule has 7 heteroatoms. The summed E-state index contributed by atoms with van der Waals surface area (Å²) in [6.07, 6.45) is 0.0337. The van der Waals surface area contributed by atoms with Crippen molar-refractivity contribution in [3.05, 3.63) is 41.5 Å². The Labute approximate surface area is 153 Å². The topological polar surface area (TPSA) is 121 Å². The molecule has 0 bridgehead atoms. The number of rotatable bonds is 4. The molecule has 0 radical (unpaired) electrons. The van der Waals surface area contributed by atoms with Crippen LogP contribution in [0.1, 0.15) is 29.8 Å². The molecule has 27 heavy (non-hydrogen) atoms. The Balaban J connectivity index is 2.52. The van der Waals surface area contributed by atoms with E-state index in [-0.39, 0.29) is 56.6 Å². The molecule has 0 saturated carbocycles. The minimum absolute atomic E-state index is 0.00352. The number of esters is 1. The number of carboxylic acids is 1. The van der Waals surface area contributed by atoms with Gasteiger partial charge in [0, 0.05) is 29.5 Å². The lowest BCUT2D eigenvalue weighted by molar-refractivity contribution is -0.131. The molecule has 0 atom stereocenters. The smallest absolute Gasteiger partial charge is 0.335 e. The molecule has 0 aliphatic heterocycles. The first-order valence-corrected chi connectivity index (χ1v) is 8.05. The average Bonchev–Trinajstić information content (AvgIpc) is 2.57. The van der Waals surface area contributed by atoms with Crippen LogP contribution >= 0.6 is 0 Å². The van der Waals surface area contributed by atoms with E-state index in [1.807, 2.05) is 0 Å². The van der Waals surface area contributed by atoms with Gasteiger partial charge < -0.3 is 20.1 Å². The van der Waals surface area contributed by atoms with Gasteiger partial charge in [-0.25, -0.2) is 4.79 Å². The lowest BCUT2D eigenvalue weighted by atomic mass is 9.93. The highest BCUT2D eigenvalue weighted by atomic mass is 16.5. The Morgan fingerprint density at radius 3 is 2.26 bits per heavy atom. The summed E-state index contributed by atoms with van der Waals surface area (Å²) >= 11 is 0. The first-order chi connectivity index (χ1) is 12.7. The first-order valence-electron chi connectivity index (χ1n) is 8.05. The number of Topliss-reactive ketones (excluding diaryl/α,β-unsaturated/α-hetero) is 1. The van der Waals surface area contributed by atoms with Gasteiger partial charge in [-0.1, -0.05) is 18.2 Å². The van der Waals surface area contributed by atoms with Gasteiger partial charge in [0.05, 0.1) is 10.9 Å². The van der Waals surface area contributed by atoms with Gasteiger partial charge in [-0.3, -0.25) is 9.59 Å². The van der Waals surface area contributed by atoms with Gasteiger partial charge in [0.25, 0.3) is 0 Å². The van der Waals surface area contributed by atoms with E-state index in [2.05, 4.69) is 0 Å². The number of aromatic carboxylic acids is 1. The SMILES string of the molecule is CC(=O)Cc1cccc2c(O)c3cc(C(=O)O)cc(OC(C)=O)c3c(O)c12. The predicted octanol–water partition coefficient (Wildman–Crippen LogP) is 3.16. The number of carboxylic acid groups (broad SMARTS) is 1. The molecule has 3 aromatic carbocycles. The average molecular weight is 368 g/mol. The molecule has 0 amide bonds. The van der Waals surface area contributed by atoms with Gasteiger partial charge in [0.15, 0.2) is 0 Å². The summed E-state index contributed by atoms with van der Waals surface area (Å²) in [6, 6.07) is 7.11. The first kappa shape index (κ1) is 18.2. The Morgan fingerprint density at radius 1 is 0.963 bits per heavy atom. The fourth-order valence-electron chi connectivity index (χ4n) is 3.17. The van der Waals surface area contributed by atoms with Gasteiger partial charge in [-0.05, 0) is 24.6 Å². The molecular formula is C20H16O7. The minimum atomic E-state index is -1.28. The molecule has 0 aliphatic rings. The molecule has 0 unspecified atom stereocenters. The van der Waals surface area contributed by atoms with Crippen molar-refractivity contribution in [1.82, 2.24) is 0 Å². The summed E-state index contributed by atoms with van der Waals surface area (Å²) in [5.74, 6) is -2.90. The van der Waals surface area contributed by atoms with Crippen LogP contribution in [0.3, 0.4) is 0 Å². The van der Waals surface area contributed by atoms with Crippen molar-refractivity contribution in [2.45, 2.75) is 20.3 Å². The fraction of sp³-hybridized carbons (Fsp3) is 0.150. The highest BCUT2D eigenvalue weighted by Gasteiger charge is 2.22. The number of ketones is 1. The largest absolute Gasteiger partial charge is 0.507 e. The Kier molecular flexibility index (Phi) is 4.45. The second-order valence-corrected chi connectivity index (χ2v) is 6.21. The number of fused-ring (bicyclic) bond motifs is 2. The van der Waals surface area contributed by atoms with Crippen LogP contribution in [0.4, 0.5) is 0 Å². The number of hydrogen-bond acceptors (Lipinski definition) is 6. The second-order valence-electron chi connectivity index (χ2n) is 6.21. The van der Waals surface area contributed by atoms with Crippen molar-refractivity contribution in [2.75, 3.05) is 0 Å². The van der Waals surface area contributed by atoms with Crippen molar-refractivity contribution in [2.24, 2.45) is 0 Å². The molecule has 0 aromatic heterocycles.